The Morgan fingerprint density at radius 1 is 1.15 bits per heavy atom. The van der Waals surface area contributed by atoms with Crippen molar-refractivity contribution >= 4 is 28.2 Å². The summed E-state index contributed by atoms with van der Waals surface area (Å²) in [5.74, 6) is -1.36. The van der Waals surface area contributed by atoms with Gasteiger partial charge < -0.3 is 10.6 Å². The minimum absolute atomic E-state index is 0.0338. The molecule has 3 rings (SSSR count). The molecule has 0 spiro atoms. The zero-order chi connectivity index (χ0) is 18.5. The van der Waals surface area contributed by atoms with E-state index in [1.165, 1.54) is 29.5 Å². The average molecular weight is 372 g/mol. The van der Waals surface area contributed by atoms with Crippen LogP contribution in [0.2, 0.25) is 0 Å². The summed E-state index contributed by atoms with van der Waals surface area (Å²) in [7, 11) is 0. The van der Waals surface area contributed by atoms with Crippen LogP contribution in [0.1, 0.15) is 50.4 Å². The van der Waals surface area contributed by atoms with E-state index in [2.05, 4.69) is 17.2 Å². The Labute approximate surface area is 156 Å². The molecule has 0 saturated heterocycles. The molecule has 0 bridgehead atoms. The molecule has 0 aliphatic heterocycles. The number of hydrogen-bond donors (Lipinski definition) is 2. The number of thiophene rings is 1. The Kier molecular flexibility index (Phi) is 5.83. The van der Waals surface area contributed by atoms with E-state index in [1.54, 1.807) is 12.1 Å². The molecule has 1 aromatic carbocycles. The molecule has 0 fully saturated rings. The number of carbonyl (C=O) groups is 2. The van der Waals surface area contributed by atoms with Crippen molar-refractivity contribution < 1.29 is 14.0 Å². The van der Waals surface area contributed by atoms with Crippen molar-refractivity contribution in [1.82, 2.24) is 5.32 Å². The summed E-state index contributed by atoms with van der Waals surface area (Å²) in [6.45, 7) is 3.96. The molecular weight excluding hydrogens is 351 g/mol. The third kappa shape index (κ3) is 3.85. The molecule has 6 heteroatoms. The molecule has 0 saturated carbocycles. The standard InChI is InChI=1S/C20H21FN2O2S/c1-2-12-22-19(25)17-14-9-4-3-5-11-16(14)26-20(17)23-18(24)13-8-6-7-10-15(13)21/h2,6-8,10H,1,3-5,9,11-12H2,(H,22,25)(H,23,24). The van der Waals surface area contributed by atoms with Gasteiger partial charge in [0, 0.05) is 11.4 Å². The maximum atomic E-state index is 13.9. The lowest BCUT2D eigenvalue weighted by atomic mass is 10.0. The van der Waals surface area contributed by atoms with Crippen molar-refractivity contribution in [3.8, 4) is 0 Å². The number of rotatable bonds is 5. The Morgan fingerprint density at radius 3 is 2.69 bits per heavy atom. The predicted molar refractivity (Wildman–Crippen MR) is 102 cm³/mol. The lowest BCUT2D eigenvalue weighted by Gasteiger charge is -2.09. The van der Waals surface area contributed by atoms with Crippen LogP contribution in [0.25, 0.3) is 0 Å². The molecule has 4 nitrogen and oxygen atoms in total. The fraction of sp³-hybridized carbons (Fsp3) is 0.300. The Morgan fingerprint density at radius 2 is 1.92 bits per heavy atom. The zero-order valence-corrected chi connectivity index (χ0v) is 15.3. The second kappa shape index (κ2) is 8.27. The van der Waals surface area contributed by atoms with Gasteiger partial charge in [-0.25, -0.2) is 4.39 Å². The highest BCUT2D eigenvalue weighted by Crippen LogP contribution is 2.37. The second-order valence-corrected chi connectivity index (χ2v) is 7.31. The molecule has 136 valence electrons. The normalized spacial score (nSPS) is 13.4. The van der Waals surface area contributed by atoms with Crippen LogP contribution in [0.3, 0.4) is 0 Å². The van der Waals surface area contributed by atoms with Crippen LogP contribution in [0.4, 0.5) is 9.39 Å². The van der Waals surface area contributed by atoms with Gasteiger partial charge in [-0.2, -0.15) is 0 Å². The van der Waals surface area contributed by atoms with Gasteiger partial charge in [0.2, 0.25) is 0 Å². The lowest BCUT2D eigenvalue weighted by molar-refractivity contribution is 0.0958. The van der Waals surface area contributed by atoms with Crippen LogP contribution in [0.5, 0.6) is 0 Å². The molecule has 2 amide bonds. The van der Waals surface area contributed by atoms with Gasteiger partial charge in [0.15, 0.2) is 0 Å². The van der Waals surface area contributed by atoms with Crippen molar-refractivity contribution in [2.45, 2.75) is 32.1 Å². The first-order valence-electron chi connectivity index (χ1n) is 8.71. The van der Waals surface area contributed by atoms with Crippen molar-refractivity contribution in [2.24, 2.45) is 0 Å². The number of carbonyl (C=O) groups excluding carboxylic acids is 2. The first-order chi connectivity index (χ1) is 12.6. The van der Waals surface area contributed by atoms with Crippen LogP contribution in [-0.2, 0) is 12.8 Å². The lowest BCUT2D eigenvalue weighted by Crippen LogP contribution is -2.25. The Bertz CT molecular complexity index is 844. The molecule has 1 aromatic heterocycles. The molecule has 0 atom stereocenters. The molecule has 2 N–H and O–H groups in total. The maximum absolute atomic E-state index is 13.9. The predicted octanol–water partition coefficient (Wildman–Crippen LogP) is 4.32. The molecule has 1 aliphatic carbocycles. The average Bonchev–Trinajstić information content (AvgIpc) is 2.81. The third-order valence-electron chi connectivity index (χ3n) is 4.40. The minimum Gasteiger partial charge on any atom is -0.348 e. The van der Waals surface area contributed by atoms with E-state index >= 15 is 0 Å². The number of aryl methyl sites for hydroxylation is 1. The summed E-state index contributed by atoms with van der Waals surface area (Å²) in [6, 6.07) is 5.82. The number of benzene rings is 1. The number of amides is 2. The van der Waals surface area contributed by atoms with E-state index in [0.29, 0.717) is 17.1 Å². The highest BCUT2D eigenvalue weighted by molar-refractivity contribution is 7.17. The van der Waals surface area contributed by atoms with E-state index in [-0.39, 0.29) is 11.5 Å². The molecule has 0 unspecified atom stereocenters. The van der Waals surface area contributed by atoms with Gasteiger partial charge in [-0.1, -0.05) is 24.6 Å². The topological polar surface area (TPSA) is 58.2 Å². The van der Waals surface area contributed by atoms with E-state index < -0.39 is 11.7 Å². The van der Waals surface area contributed by atoms with E-state index in [1.807, 2.05) is 0 Å². The van der Waals surface area contributed by atoms with Crippen molar-refractivity contribution in [3.05, 3.63) is 64.3 Å². The van der Waals surface area contributed by atoms with Gasteiger partial charge in [0.05, 0.1) is 11.1 Å². The summed E-state index contributed by atoms with van der Waals surface area (Å²) in [4.78, 5) is 26.3. The molecular formula is C20H21FN2O2S. The molecule has 26 heavy (non-hydrogen) atoms. The van der Waals surface area contributed by atoms with Gasteiger partial charge in [-0.05, 0) is 43.4 Å². The van der Waals surface area contributed by atoms with Crippen LogP contribution in [0.15, 0.2) is 36.9 Å². The zero-order valence-electron chi connectivity index (χ0n) is 14.4. The van der Waals surface area contributed by atoms with Crippen molar-refractivity contribution in [3.63, 3.8) is 0 Å². The number of nitrogens with one attached hydrogen (secondary N) is 2. The van der Waals surface area contributed by atoms with Gasteiger partial charge in [0.25, 0.3) is 11.8 Å². The number of halogens is 1. The highest BCUT2D eigenvalue weighted by atomic mass is 32.1. The quantitative estimate of drug-likeness (QED) is 0.606. The number of anilines is 1. The molecule has 1 heterocycles. The summed E-state index contributed by atoms with van der Waals surface area (Å²) < 4.78 is 13.9. The van der Waals surface area contributed by atoms with Gasteiger partial charge in [-0.3, -0.25) is 9.59 Å². The van der Waals surface area contributed by atoms with Crippen LogP contribution < -0.4 is 10.6 Å². The van der Waals surface area contributed by atoms with E-state index in [0.717, 1.165) is 42.5 Å². The van der Waals surface area contributed by atoms with Gasteiger partial charge >= 0.3 is 0 Å². The molecule has 0 radical (unpaired) electrons. The second-order valence-electron chi connectivity index (χ2n) is 6.20. The van der Waals surface area contributed by atoms with Gasteiger partial charge in [0.1, 0.15) is 10.8 Å². The Hall–Kier alpha value is -2.47. The monoisotopic (exact) mass is 372 g/mol. The van der Waals surface area contributed by atoms with Crippen LogP contribution in [0, 0.1) is 5.82 Å². The first-order valence-corrected chi connectivity index (χ1v) is 9.53. The summed E-state index contributed by atoms with van der Waals surface area (Å²) in [5.41, 5.74) is 1.49. The van der Waals surface area contributed by atoms with Crippen molar-refractivity contribution in [2.75, 3.05) is 11.9 Å². The third-order valence-corrected chi connectivity index (χ3v) is 5.61. The summed E-state index contributed by atoms with van der Waals surface area (Å²) in [6.07, 6.45) is 6.55. The number of fused-ring (bicyclic) bond motifs is 1. The fourth-order valence-electron chi connectivity index (χ4n) is 3.14. The molecule has 2 aromatic rings. The van der Waals surface area contributed by atoms with E-state index in [4.69, 9.17) is 0 Å². The van der Waals surface area contributed by atoms with Crippen LogP contribution in [-0.4, -0.2) is 18.4 Å². The van der Waals surface area contributed by atoms with E-state index in [9.17, 15) is 14.0 Å². The smallest absolute Gasteiger partial charge is 0.259 e. The van der Waals surface area contributed by atoms with Crippen LogP contribution >= 0.6 is 11.3 Å². The Balaban J connectivity index is 1.95. The van der Waals surface area contributed by atoms with Gasteiger partial charge in [-0.15, -0.1) is 17.9 Å². The van der Waals surface area contributed by atoms with Crippen molar-refractivity contribution in [1.29, 1.82) is 0 Å². The molecule has 1 aliphatic rings. The summed E-state index contributed by atoms with van der Waals surface area (Å²) in [5, 5.41) is 6.04. The minimum atomic E-state index is -0.583. The fourth-order valence-corrected chi connectivity index (χ4v) is 4.42. The number of hydrogen-bond acceptors (Lipinski definition) is 3. The summed E-state index contributed by atoms with van der Waals surface area (Å²) >= 11 is 1.42. The highest BCUT2D eigenvalue weighted by Gasteiger charge is 2.26. The largest absolute Gasteiger partial charge is 0.348 e. The first kappa shape index (κ1) is 18.3. The SMILES string of the molecule is C=CCNC(=O)c1c(NC(=O)c2ccccc2F)sc2c1CCCCC2. The maximum Gasteiger partial charge on any atom is 0.259 e.